The summed E-state index contributed by atoms with van der Waals surface area (Å²) in [5.41, 5.74) is 1.15. The Bertz CT molecular complexity index is 1240. The van der Waals surface area contributed by atoms with Crippen LogP contribution in [0.2, 0.25) is 0 Å². The molecule has 0 atom stereocenters. The number of aromatic nitrogens is 2. The van der Waals surface area contributed by atoms with Gasteiger partial charge in [0.1, 0.15) is 6.54 Å². The number of nitrogens with one attached hydrogen (secondary N) is 1. The summed E-state index contributed by atoms with van der Waals surface area (Å²) >= 11 is 1.57. The van der Waals surface area contributed by atoms with E-state index in [1.807, 2.05) is 79.7 Å². The number of anilines is 1. The third-order valence-electron chi connectivity index (χ3n) is 4.48. The molecular formula is C23H19N3O2S. The summed E-state index contributed by atoms with van der Waals surface area (Å²) in [5, 5.41) is 8.59. The van der Waals surface area contributed by atoms with Crippen LogP contribution in [0.25, 0.3) is 10.8 Å². The minimum atomic E-state index is -0.296. The highest BCUT2D eigenvalue weighted by Gasteiger charge is 2.12. The van der Waals surface area contributed by atoms with Crippen LogP contribution in [0.3, 0.4) is 0 Å². The Morgan fingerprint density at radius 2 is 1.59 bits per heavy atom. The van der Waals surface area contributed by atoms with Crippen LogP contribution in [0.5, 0.6) is 0 Å². The Balaban J connectivity index is 1.56. The van der Waals surface area contributed by atoms with Crippen LogP contribution in [0.4, 0.5) is 5.69 Å². The molecular weight excluding hydrogens is 382 g/mol. The second-order valence-corrected chi connectivity index (χ2v) is 7.67. The van der Waals surface area contributed by atoms with Gasteiger partial charge in [0.05, 0.1) is 16.8 Å². The SMILES string of the molecule is Cc1nn(CC(=O)Nc2ccccc2Sc2ccccc2)c(=O)c2ccccc12. The highest BCUT2D eigenvalue weighted by atomic mass is 32.2. The lowest BCUT2D eigenvalue weighted by Crippen LogP contribution is -2.30. The van der Waals surface area contributed by atoms with Crippen molar-refractivity contribution in [2.75, 3.05) is 5.32 Å². The lowest BCUT2D eigenvalue weighted by Gasteiger charge is -2.12. The number of rotatable bonds is 5. The van der Waals surface area contributed by atoms with Gasteiger partial charge in [0.25, 0.3) is 5.56 Å². The molecule has 1 aromatic heterocycles. The Kier molecular flexibility index (Phi) is 5.44. The summed E-state index contributed by atoms with van der Waals surface area (Å²) < 4.78 is 1.22. The van der Waals surface area contributed by atoms with Crippen molar-refractivity contribution < 1.29 is 4.79 Å². The van der Waals surface area contributed by atoms with E-state index >= 15 is 0 Å². The van der Waals surface area contributed by atoms with Crippen LogP contribution in [0.15, 0.2) is 93.4 Å². The Hall–Kier alpha value is -3.38. The third-order valence-corrected chi connectivity index (χ3v) is 5.56. The number of hydrogen-bond acceptors (Lipinski definition) is 4. The lowest BCUT2D eigenvalue weighted by atomic mass is 10.1. The van der Waals surface area contributed by atoms with Crippen LogP contribution in [0.1, 0.15) is 5.69 Å². The maximum atomic E-state index is 12.7. The highest BCUT2D eigenvalue weighted by molar-refractivity contribution is 7.99. The fourth-order valence-electron chi connectivity index (χ4n) is 3.11. The number of aryl methyl sites for hydroxylation is 1. The number of benzene rings is 3. The van der Waals surface area contributed by atoms with Crippen molar-refractivity contribution >= 4 is 34.1 Å². The molecule has 0 radical (unpaired) electrons. The summed E-state index contributed by atoms with van der Waals surface area (Å²) in [7, 11) is 0. The second-order valence-electron chi connectivity index (χ2n) is 6.55. The zero-order chi connectivity index (χ0) is 20.2. The summed E-state index contributed by atoms with van der Waals surface area (Å²) in [4.78, 5) is 27.4. The molecule has 144 valence electrons. The number of carbonyl (C=O) groups excluding carboxylic acids is 1. The average Bonchev–Trinajstić information content (AvgIpc) is 2.74. The van der Waals surface area contributed by atoms with Crippen LogP contribution >= 0.6 is 11.8 Å². The van der Waals surface area contributed by atoms with Gasteiger partial charge in [-0.2, -0.15) is 5.10 Å². The van der Waals surface area contributed by atoms with Crippen molar-refractivity contribution in [2.45, 2.75) is 23.3 Å². The number of hydrogen-bond donors (Lipinski definition) is 1. The van der Waals surface area contributed by atoms with Gasteiger partial charge in [-0.15, -0.1) is 0 Å². The molecule has 0 saturated carbocycles. The van der Waals surface area contributed by atoms with Crippen molar-refractivity contribution in [1.29, 1.82) is 0 Å². The molecule has 1 amide bonds. The average molecular weight is 401 g/mol. The van der Waals surface area contributed by atoms with Crippen molar-refractivity contribution in [3.63, 3.8) is 0 Å². The quantitative estimate of drug-likeness (QED) is 0.535. The topological polar surface area (TPSA) is 64.0 Å². The normalized spacial score (nSPS) is 10.8. The Labute approximate surface area is 172 Å². The molecule has 0 aliphatic carbocycles. The van der Waals surface area contributed by atoms with E-state index in [0.29, 0.717) is 16.8 Å². The van der Waals surface area contributed by atoms with E-state index in [9.17, 15) is 9.59 Å². The van der Waals surface area contributed by atoms with E-state index in [1.165, 1.54) is 4.68 Å². The van der Waals surface area contributed by atoms with Gasteiger partial charge in [0.15, 0.2) is 0 Å². The molecule has 4 aromatic rings. The first kappa shape index (κ1) is 19.0. The van der Waals surface area contributed by atoms with Crippen LogP contribution in [-0.4, -0.2) is 15.7 Å². The molecule has 3 aromatic carbocycles. The molecule has 1 heterocycles. The van der Waals surface area contributed by atoms with Gasteiger partial charge in [-0.05, 0) is 37.3 Å². The molecule has 0 saturated heterocycles. The molecule has 0 fully saturated rings. The molecule has 0 spiro atoms. The molecule has 29 heavy (non-hydrogen) atoms. The van der Waals surface area contributed by atoms with E-state index in [-0.39, 0.29) is 18.0 Å². The minimum absolute atomic E-state index is 0.144. The summed E-state index contributed by atoms with van der Waals surface area (Å²) in [5.74, 6) is -0.296. The minimum Gasteiger partial charge on any atom is -0.323 e. The first-order valence-electron chi connectivity index (χ1n) is 9.20. The van der Waals surface area contributed by atoms with Gasteiger partial charge in [-0.3, -0.25) is 9.59 Å². The zero-order valence-electron chi connectivity index (χ0n) is 15.8. The Morgan fingerprint density at radius 1 is 0.931 bits per heavy atom. The van der Waals surface area contributed by atoms with Crippen molar-refractivity contribution in [3.8, 4) is 0 Å². The molecule has 5 nitrogen and oxygen atoms in total. The number of carbonyl (C=O) groups is 1. The number of para-hydroxylation sites is 1. The standard InChI is InChI=1S/C23H19N3O2S/c1-16-18-11-5-6-12-19(18)23(28)26(25-16)15-22(27)24-20-13-7-8-14-21(20)29-17-9-3-2-4-10-17/h2-14H,15H2,1H3,(H,24,27). The van der Waals surface area contributed by atoms with Crippen LogP contribution < -0.4 is 10.9 Å². The van der Waals surface area contributed by atoms with Gasteiger partial charge in [0.2, 0.25) is 5.91 Å². The maximum absolute atomic E-state index is 12.7. The lowest BCUT2D eigenvalue weighted by molar-refractivity contribution is -0.117. The van der Waals surface area contributed by atoms with Crippen molar-refractivity contribution in [2.24, 2.45) is 0 Å². The van der Waals surface area contributed by atoms with Crippen LogP contribution in [0, 0.1) is 6.92 Å². The molecule has 0 aliphatic heterocycles. The number of nitrogens with zero attached hydrogens (tertiary/aromatic N) is 2. The maximum Gasteiger partial charge on any atom is 0.275 e. The first-order valence-corrected chi connectivity index (χ1v) is 10.0. The summed E-state index contributed by atoms with van der Waals surface area (Å²) in [6.07, 6.45) is 0. The number of fused-ring (bicyclic) bond motifs is 1. The monoisotopic (exact) mass is 401 g/mol. The van der Waals surface area contributed by atoms with Crippen LogP contribution in [-0.2, 0) is 11.3 Å². The van der Waals surface area contributed by atoms with Gasteiger partial charge in [-0.1, -0.05) is 60.3 Å². The fraction of sp³-hybridized carbons (Fsp3) is 0.0870. The predicted octanol–water partition coefficient (Wildman–Crippen LogP) is 4.49. The van der Waals surface area contributed by atoms with Gasteiger partial charge in [-0.25, -0.2) is 4.68 Å². The van der Waals surface area contributed by atoms with Gasteiger partial charge >= 0.3 is 0 Å². The highest BCUT2D eigenvalue weighted by Crippen LogP contribution is 2.33. The smallest absolute Gasteiger partial charge is 0.275 e. The Morgan fingerprint density at radius 3 is 2.38 bits per heavy atom. The molecule has 0 bridgehead atoms. The predicted molar refractivity (Wildman–Crippen MR) is 116 cm³/mol. The zero-order valence-corrected chi connectivity index (χ0v) is 16.6. The fourth-order valence-corrected chi connectivity index (χ4v) is 4.03. The largest absolute Gasteiger partial charge is 0.323 e. The van der Waals surface area contributed by atoms with E-state index in [2.05, 4.69) is 10.4 Å². The molecule has 1 N–H and O–H groups in total. The van der Waals surface area contributed by atoms with Crippen molar-refractivity contribution in [1.82, 2.24) is 9.78 Å². The van der Waals surface area contributed by atoms with Crippen molar-refractivity contribution in [3.05, 3.63) is 94.9 Å². The van der Waals surface area contributed by atoms with Gasteiger partial charge < -0.3 is 5.32 Å². The van der Waals surface area contributed by atoms with E-state index < -0.39 is 0 Å². The van der Waals surface area contributed by atoms with E-state index in [4.69, 9.17) is 0 Å². The number of amides is 1. The summed E-state index contributed by atoms with van der Waals surface area (Å²) in [6, 6.07) is 24.9. The third kappa shape index (κ3) is 4.22. The molecule has 6 heteroatoms. The van der Waals surface area contributed by atoms with Gasteiger partial charge in [0, 0.05) is 15.2 Å². The molecule has 4 rings (SSSR count). The molecule has 0 unspecified atom stereocenters. The second kappa shape index (κ2) is 8.32. The summed E-state index contributed by atoms with van der Waals surface area (Å²) in [6.45, 7) is 1.69. The van der Waals surface area contributed by atoms with E-state index in [0.717, 1.165) is 15.2 Å². The first-order chi connectivity index (χ1) is 14.1. The molecule has 0 aliphatic rings. The van der Waals surface area contributed by atoms with E-state index in [1.54, 1.807) is 17.8 Å².